The van der Waals surface area contributed by atoms with Crippen molar-refractivity contribution in [2.75, 3.05) is 12.5 Å². The second-order valence-electron chi connectivity index (χ2n) is 10.2. The Balaban J connectivity index is 0.000000454. The van der Waals surface area contributed by atoms with Crippen LogP contribution in [0.4, 0.5) is 0 Å². The van der Waals surface area contributed by atoms with Crippen molar-refractivity contribution in [2.24, 2.45) is 0 Å². The molecule has 2 N–H and O–H groups in total. The smallest absolute Gasteiger partial charge is 0.870 e. The SMILES string of the molecule is Cc1cc(-c2ncn(/C=C\C(=O)O)n2)cc(S(C)(=O)=O)c1.Cc1cc(-c2ncn(/C=C\C(=O)OC(C)C)n2)cc(S(C)(=O)=O)c1.[Li+].[OH-]. The summed E-state index contributed by atoms with van der Waals surface area (Å²) >= 11 is 0. The number of hydrogen-bond donors (Lipinski definition) is 1. The number of ether oxygens (including phenoxy) is 1. The quantitative estimate of drug-likeness (QED) is 0.141. The molecule has 0 aliphatic heterocycles. The number of carboxylic acid groups (broad SMARTS) is 1. The van der Waals surface area contributed by atoms with Gasteiger partial charge in [-0.3, -0.25) is 0 Å². The molecule has 0 unspecified atom stereocenters. The average molecular weight is 681 g/mol. The number of esters is 1. The van der Waals surface area contributed by atoms with Crippen molar-refractivity contribution in [3.8, 4) is 22.8 Å². The molecule has 0 bridgehead atoms. The summed E-state index contributed by atoms with van der Waals surface area (Å²) in [5.41, 5.74) is 2.70. The number of carboxylic acids is 1. The molecule has 0 aliphatic rings. The Kier molecular flexibility index (Phi) is 14.6. The number of hydrogen-bond acceptors (Lipinski definition) is 12. The third-order valence-corrected chi connectivity index (χ3v) is 7.76. The third kappa shape index (κ3) is 12.7. The van der Waals surface area contributed by atoms with Gasteiger partial charge in [0.1, 0.15) is 12.7 Å². The molecule has 18 heteroatoms. The van der Waals surface area contributed by atoms with Crippen molar-refractivity contribution < 1.29 is 60.6 Å². The number of nitrogens with zero attached hydrogens (tertiary/aromatic N) is 6. The monoisotopic (exact) mass is 680 g/mol. The van der Waals surface area contributed by atoms with E-state index in [2.05, 4.69) is 20.2 Å². The van der Waals surface area contributed by atoms with E-state index in [1.165, 1.54) is 52.6 Å². The zero-order valence-corrected chi connectivity index (χ0v) is 28.4. The first-order valence-electron chi connectivity index (χ1n) is 13.2. The molecule has 0 aliphatic carbocycles. The molecular formula is C29H33LiN6O9S2. The number of aliphatic carboxylic acids is 1. The van der Waals surface area contributed by atoms with Crippen molar-refractivity contribution in [2.45, 2.75) is 43.6 Å². The fourth-order valence-electron chi connectivity index (χ4n) is 3.69. The van der Waals surface area contributed by atoms with Crippen LogP contribution in [0.5, 0.6) is 0 Å². The summed E-state index contributed by atoms with van der Waals surface area (Å²) in [5, 5.41) is 16.8. The van der Waals surface area contributed by atoms with E-state index in [4.69, 9.17) is 9.84 Å². The first-order chi connectivity index (χ1) is 20.9. The van der Waals surface area contributed by atoms with Gasteiger partial charge in [-0.15, -0.1) is 10.2 Å². The largest absolute Gasteiger partial charge is 1.00 e. The fraction of sp³-hybridized carbons (Fsp3) is 0.241. The van der Waals surface area contributed by atoms with Crippen molar-refractivity contribution >= 4 is 44.0 Å². The van der Waals surface area contributed by atoms with Crippen LogP contribution >= 0.6 is 0 Å². The van der Waals surface area contributed by atoms with Gasteiger partial charge in [0.25, 0.3) is 0 Å². The van der Waals surface area contributed by atoms with Crippen LogP contribution in [0.1, 0.15) is 25.0 Å². The van der Waals surface area contributed by atoms with Crippen LogP contribution in [-0.4, -0.2) is 87.5 Å². The second-order valence-corrected chi connectivity index (χ2v) is 14.2. The van der Waals surface area contributed by atoms with Crippen molar-refractivity contribution in [3.63, 3.8) is 0 Å². The summed E-state index contributed by atoms with van der Waals surface area (Å²) in [7, 11) is -6.64. The summed E-state index contributed by atoms with van der Waals surface area (Å²) < 4.78 is 54.3. The Hall–Kier alpha value is -4.40. The zero-order valence-electron chi connectivity index (χ0n) is 26.8. The second kappa shape index (κ2) is 17.0. The maximum absolute atomic E-state index is 11.7. The van der Waals surface area contributed by atoms with Gasteiger partial charge in [0, 0.05) is 48.2 Å². The molecule has 2 aromatic heterocycles. The number of benzene rings is 2. The van der Waals surface area contributed by atoms with Crippen LogP contribution in [0.25, 0.3) is 35.2 Å². The van der Waals surface area contributed by atoms with Gasteiger partial charge in [-0.25, -0.2) is 45.8 Å². The maximum Gasteiger partial charge on any atom is 1.00 e. The molecule has 4 aromatic rings. The van der Waals surface area contributed by atoms with Crippen molar-refractivity contribution in [1.82, 2.24) is 29.5 Å². The van der Waals surface area contributed by atoms with Crippen LogP contribution in [0.2, 0.25) is 0 Å². The summed E-state index contributed by atoms with van der Waals surface area (Å²) in [6, 6.07) is 9.74. The normalized spacial score (nSPS) is 11.5. The molecule has 15 nitrogen and oxygen atoms in total. The minimum absolute atomic E-state index is 0. The molecule has 2 aromatic carbocycles. The number of sulfone groups is 2. The summed E-state index contributed by atoms with van der Waals surface area (Å²) in [6.45, 7) is 7.10. The predicted molar refractivity (Wildman–Crippen MR) is 168 cm³/mol. The number of rotatable bonds is 9. The molecule has 0 atom stereocenters. The molecule has 0 amide bonds. The van der Waals surface area contributed by atoms with Gasteiger partial charge in [0.05, 0.1) is 15.9 Å². The van der Waals surface area contributed by atoms with Crippen LogP contribution < -0.4 is 18.9 Å². The van der Waals surface area contributed by atoms with E-state index >= 15 is 0 Å². The van der Waals surface area contributed by atoms with E-state index in [0.29, 0.717) is 22.8 Å². The minimum Gasteiger partial charge on any atom is -0.870 e. The zero-order chi connectivity index (χ0) is 33.5. The fourth-order valence-corrected chi connectivity index (χ4v) is 5.17. The van der Waals surface area contributed by atoms with Crippen LogP contribution in [0.15, 0.2) is 71.0 Å². The molecule has 0 saturated heterocycles. The minimum atomic E-state index is -3.32. The van der Waals surface area contributed by atoms with Gasteiger partial charge < -0.3 is 15.3 Å². The van der Waals surface area contributed by atoms with E-state index in [1.807, 2.05) is 0 Å². The maximum atomic E-state index is 11.7. The Morgan fingerprint density at radius 3 is 1.53 bits per heavy atom. The first kappa shape index (κ1) is 40.6. The van der Waals surface area contributed by atoms with Gasteiger partial charge in [0.2, 0.25) is 0 Å². The number of aromatic nitrogens is 6. The van der Waals surface area contributed by atoms with Crippen molar-refractivity contribution in [1.29, 1.82) is 0 Å². The Labute approximate surface area is 284 Å². The Bertz CT molecular complexity index is 2000. The average Bonchev–Trinajstić information content (AvgIpc) is 3.59. The van der Waals surface area contributed by atoms with E-state index in [1.54, 1.807) is 52.0 Å². The van der Waals surface area contributed by atoms with Crippen molar-refractivity contribution in [3.05, 3.63) is 72.3 Å². The standard InChI is InChI=1S/C16H19N3O4S.C13H13N3O4S.Li.H2O/c1-11(2)23-15(20)5-6-19-10-17-16(18-19)13-7-12(3)8-14(9-13)24(4,21)22;1-9-5-10(7-11(6-9)21(2,19)20)13-14-8-16(15-13)4-3-12(17)18;;/h5-11H,1-4H3;3-8H,1-2H3,(H,17,18);;1H2/q;;+1;/p-1/b6-5-;4-3-;;. The first-order valence-corrected chi connectivity index (χ1v) is 17.0. The summed E-state index contributed by atoms with van der Waals surface area (Å²) in [4.78, 5) is 30.5. The van der Waals surface area contributed by atoms with E-state index in [0.717, 1.165) is 29.7 Å². The van der Waals surface area contributed by atoms with E-state index in [9.17, 15) is 26.4 Å². The molecule has 2 heterocycles. The van der Waals surface area contributed by atoms with Gasteiger partial charge in [-0.2, -0.15) is 0 Å². The van der Waals surface area contributed by atoms with E-state index in [-0.39, 0.29) is 40.2 Å². The molecule has 0 radical (unpaired) electrons. The van der Waals surface area contributed by atoms with Gasteiger partial charge >= 0.3 is 30.8 Å². The molecule has 0 spiro atoms. The van der Waals surface area contributed by atoms with Crippen LogP contribution in [0.3, 0.4) is 0 Å². The Morgan fingerprint density at radius 2 is 1.17 bits per heavy atom. The van der Waals surface area contributed by atoms with Crippen LogP contribution in [0, 0.1) is 13.8 Å². The topological polar surface area (TPSA) is 223 Å². The molecule has 0 fully saturated rings. The molecular weight excluding hydrogens is 647 g/mol. The summed E-state index contributed by atoms with van der Waals surface area (Å²) in [5.74, 6) is -0.886. The number of carbonyl (C=O) groups is 2. The Morgan fingerprint density at radius 1 is 0.766 bits per heavy atom. The van der Waals surface area contributed by atoms with Gasteiger partial charge in [-0.05, 0) is 75.2 Å². The summed E-state index contributed by atoms with van der Waals surface area (Å²) in [6.07, 6.45) is 9.70. The number of aryl methyl sites for hydroxylation is 2. The molecule has 0 saturated carbocycles. The van der Waals surface area contributed by atoms with Gasteiger partial charge in [0.15, 0.2) is 31.3 Å². The van der Waals surface area contributed by atoms with E-state index < -0.39 is 31.6 Å². The molecule has 47 heavy (non-hydrogen) atoms. The number of carbonyl (C=O) groups excluding carboxylic acids is 1. The molecule has 246 valence electrons. The van der Waals surface area contributed by atoms with Gasteiger partial charge in [-0.1, -0.05) is 0 Å². The van der Waals surface area contributed by atoms with Crippen LogP contribution in [-0.2, 0) is 34.0 Å². The third-order valence-electron chi connectivity index (χ3n) is 5.58. The predicted octanol–water partition coefficient (Wildman–Crippen LogP) is 0.119. The molecule has 4 rings (SSSR count).